The van der Waals surface area contributed by atoms with Gasteiger partial charge in [0.05, 0.1) is 35.5 Å². The third-order valence-electron chi connectivity index (χ3n) is 5.79. The lowest BCUT2D eigenvalue weighted by Crippen LogP contribution is -2.46. The van der Waals surface area contributed by atoms with E-state index in [1.165, 1.54) is 20.1 Å². The Morgan fingerprint density at radius 3 is 2.29 bits per heavy atom. The van der Waals surface area contributed by atoms with Crippen LogP contribution in [0.25, 0.3) is 0 Å². The second-order valence-corrected chi connectivity index (χ2v) is 7.65. The number of rotatable bonds is 1. The van der Waals surface area contributed by atoms with E-state index in [2.05, 4.69) is 0 Å². The van der Waals surface area contributed by atoms with Gasteiger partial charge in [-0.2, -0.15) is 0 Å². The number of hydrogen-bond acceptors (Lipinski definition) is 7. The molecule has 2 aliphatic rings. The average molecular weight is 384 g/mol. The molecule has 4 N–H and O–H groups in total. The summed E-state index contributed by atoms with van der Waals surface area (Å²) in [5.41, 5.74) is -1.03. The molecule has 146 valence electrons. The summed E-state index contributed by atoms with van der Waals surface area (Å²) >= 11 is 0. The Kier molecular flexibility index (Phi) is 3.82. The van der Waals surface area contributed by atoms with Crippen molar-refractivity contribution in [2.75, 3.05) is 7.11 Å². The number of carbonyl (C=O) groups excluding carboxylic acids is 2. The Morgan fingerprint density at radius 2 is 1.64 bits per heavy atom. The zero-order valence-corrected chi connectivity index (χ0v) is 15.7. The number of phenolic OH excluding ortho intramolecular Hbond substituents is 2. The van der Waals surface area contributed by atoms with Gasteiger partial charge in [-0.05, 0) is 25.5 Å². The van der Waals surface area contributed by atoms with Gasteiger partial charge in [0, 0.05) is 29.5 Å². The number of ketones is 2. The standard InChI is InChI=1S/C21H20O7/c1-8-4-5-9-13(20(8)28-3)19(26)15-14(16(9)23)18(25)11-7-21(2,27)12(22)6-10(11)17(15)24/h4-5,12,22,24-25,27H,6-7H2,1-3H3. The molecule has 2 aromatic carbocycles. The second-order valence-electron chi connectivity index (χ2n) is 7.65. The largest absolute Gasteiger partial charge is 0.507 e. The number of ether oxygens (including phenoxy) is 1. The first-order chi connectivity index (χ1) is 13.1. The van der Waals surface area contributed by atoms with Gasteiger partial charge in [0.25, 0.3) is 0 Å². The molecule has 0 aromatic heterocycles. The maximum Gasteiger partial charge on any atom is 0.202 e. The van der Waals surface area contributed by atoms with E-state index in [1.807, 2.05) is 0 Å². The Bertz CT molecular complexity index is 1070. The van der Waals surface area contributed by atoms with E-state index in [4.69, 9.17) is 4.74 Å². The SMILES string of the molecule is COc1c(C)ccc2c1C(=O)c1c(O)c3c(c(O)c1C2=O)CC(C)(O)C(O)C3. The van der Waals surface area contributed by atoms with Gasteiger partial charge in [0.15, 0.2) is 5.78 Å². The molecule has 0 fully saturated rings. The summed E-state index contributed by atoms with van der Waals surface area (Å²) in [5, 5.41) is 42.2. The van der Waals surface area contributed by atoms with Crippen molar-refractivity contribution in [3.8, 4) is 17.2 Å². The molecule has 0 saturated heterocycles. The van der Waals surface area contributed by atoms with Gasteiger partial charge < -0.3 is 25.2 Å². The summed E-state index contributed by atoms with van der Waals surface area (Å²) in [6.45, 7) is 3.14. The van der Waals surface area contributed by atoms with E-state index < -0.39 is 34.8 Å². The van der Waals surface area contributed by atoms with Crippen LogP contribution in [0.4, 0.5) is 0 Å². The third kappa shape index (κ3) is 2.23. The van der Waals surface area contributed by atoms with Crippen molar-refractivity contribution in [3.05, 3.63) is 51.1 Å². The Hall–Kier alpha value is -2.90. The van der Waals surface area contributed by atoms with E-state index in [-0.39, 0.29) is 52.0 Å². The number of fused-ring (bicyclic) bond motifs is 3. The molecular formula is C21H20O7. The first-order valence-electron chi connectivity index (χ1n) is 8.87. The predicted octanol–water partition coefficient (Wildman–Crippen LogP) is 1.40. The first kappa shape index (κ1) is 18.5. The minimum Gasteiger partial charge on any atom is -0.507 e. The van der Waals surface area contributed by atoms with Crippen molar-refractivity contribution in [2.24, 2.45) is 0 Å². The van der Waals surface area contributed by atoms with Gasteiger partial charge >= 0.3 is 0 Å². The zero-order chi connectivity index (χ0) is 20.5. The third-order valence-corrected chi connectivity index (χ3v) is 5.79. The molecule has 7 nitrogen and oxygen atoms in total. The molecule has 4 rings (SSSR count). The molecule has 28 heavy (non-hydrogen) atoms. The van der Waals surface area contributed by atoms with Crippen LogP contribution in [0.5, 0.6) is 17.2 Å². The maximum atomic E-state index is 13.2. The molecule has 0 radical (unpaired) electrons. The summed E-state index contributed by atoms with van der Waals surface area (Å²) in [4.78, 5) is 26.4. The Labute approximate surface area is 160 Å². The maximum absolute atomic E-state index is 13.2. The van der Waals surface area contributed by atoms with Crippen LogP contribution in [0.1, 0.15) is 55.5 Å². The van der Waals surface area contributed by atoms with E-state index >= 15 is 0 Å². The number of aromatic hydroxyl groups is 2. The van der Waals surface area contributed by atoms with Gasteiger partial charge in [-0.25, -0.2) is 0 Å². The van der Waals surface area contributed by atoms with Gasteiger partial charge in [0.1, 0.15) is 17.2 Å². The fourth-order valence-corrected chi connectivity index (χ4v) is 4.19. The average Bonchev–Trinajstić information content (AvgIpc) is 2.63. The number of aliphatic hydroxyl groups is 2. The molecule has 0 heterocycles. The van der Waals surface area contributed by atoms with E-state index in [1.54, 1.807) is 13.0 Å². The molecule has 2 aromatic rings. The van der Waals surface area contributed by atoms with Gasteiger partial charge in [0.2, 0.25) is 5.78 Å². The lowest BCUT2D eigenvalue weighted by molar-refractivity contribution is -0.0668. The van der Waals surface area contributed by atoms with E-state index in [0.29, 0.717) is 5.56 Å². The van der Waals surface area contributed by atoms with Crippen LogP contribution in [0.3, 0.4) is 0 Å². The van der Waals surface area contributed by atoms with Gasteiger partial charge in [-0.1, -0.05) is 6.07 Å². The van der Waals surface area contributed by atoms with E-state index in [9.17, 15) is 30.0 Å². The highest BCUT2D eigenvalue weighted by Crippen LogP contribution is 2.48. The molecule has 0 spiro atoms. The van der Waals surface area contributed by atoms with Crippen LogP contribution in [-0.2, 0) is 12.8 Å². The number of phenols is 2. The Balaban J connectivity index is 2.05. The van der Waals surface area contributed by atoms with E-state index in [0.717, 1.165) is 0 Å². The minimum absolute atomic E-state index is 0.0398. The summed E-state index contributed by atoms with van der Waals surface area (Å²) in [5.74, 6) is -1.90. The minimum atomic E-state index is -1.54. The van der Waals surface area contributed by atoms with Crippen molar-refractivity contribution < 1.29 is 34.8 Å². The number of aryl methyl sites for hydroxylation is 1. The van der Waals surface area contributed by atoms with Crippen LogP contribution in [0.2, 0.25) is 0 Å². The number of hydrogen-bond donors (Lipinski definition) is 4. The summed E-state index contributed by atoms with van der Waals surface area (Å²) in [6, 6.07) is 3.14. The first-order valence-corrected chi connectivity index (χ1v) is 8.87. The highest BCUT2D eigenvalue weighted by Gasteiger charge is 2.44. The fraction of sp³-hybridized carbons (Fsp3) is 0.333. The van der Waals surface area contributed by atoms with Crippen molar-refractivity contribution in [1.82, 2.24) is 0 Å². The van der Waals surface area contributed by atoms with Crippen LogP contribution in [-0.4, -0.2) is 50.8 Å². The number of benzene rings is 2. The normalized spacial score (nSPS) is 23.1. The monoisotopic (exact) mass is 384 g/mol. The number of carbonyl (C=O) groups is 2. The van der Waals surface area contributed by atoms with Gasteiger partial charge in [-0.15, -0.1) is 0 Å². The summed E-state index contributed by atoms with van der Waals surface area (Å²) in [6.07, 6.45) is -1.52. The summed E-state index contributed by atoms with van der Waals surface area (Å²) in [7, 11) is 1.39. The number of methoxy groups -OCH3 is 1. The topological polar surface area (TPSA) is 124 Å². The van der Waals surface area contributed by atoms with Crippen molar-refractivity contribution >= 4 is 11.6 Å². The zero-order valence-electron chi connectivity index (χ0n) is 15.7. The molecule has 0 bridgehead atoms. The lowest BCUT2D eigenvalue weighted by atomic mass is 9.73. The van der Waals surface area contributed by atoms with Crippen LogP contribution in [0.15, 0.2) is 12.1 Å². The second kappa shape index (κ2) is 5.80. The molecule has 2 unspecified atom stereocenters. The van der Waals surface area contributed by atoms with Crippen LogP contribution < -0.4 is 4.74 Å². The lowest BCUT2D eigenvalue weighted by Gasteiger charge is -2.36. The Morgan fingerprint density at radius 1 is 1.04 bits per heavy atom. The van der Waals surface area contributed by atoms with Crippen LogP contribution in [0, 0.1) is 6.92 Å². The molecule has 2 aliphatic carbocycles. The van der Waals surface area contributed by atoms with Crippen molar-refractivity contribution in [3.63, 3.8) is 0 Å². The smallest absolute Gasteiger partial charge is 0.202 e. The predicted molar refractivity (Wildman–Crippen MR) is 98.4 cm³/mol. The molecule has 0 aliphatic heterocycles. The summed E-state index contributed by atoms with van der Waals surface area (Å²) < 4.78 is 5.31. The molecule has 2 atom stereocenters. The molecule has 0 amide bonds. The molecule has 7 heteroatoms. The fourth-order valence-electron chi connectivity index (χ4n) is 4.19. The van der Waals surface area contributed by atoms with Crippen molar-refractivity contribution in [2.45, 2.75) is 38.4 Å². The molecule has 0 saturated carbocycles. The number of aliphatic hydroxyl groups excluding tert-OH is 1. The highest BCUT2D eigenvalue weighted by atomic mass is 16.5. The van der Waals surface area contributed by atoms with Crippen molar-refractivity contribution in [1.29, 1.82) is 0 Å². The molecular weight excluding hydrogens is 364 g/mol. The van der Waals surface area contributed by atoms with Gasteiger partial charge in [-0.3, -0.25) is 9.59 Å². The van der Waals surface area contributed by atoms with Crippen LogP contribution >= 0.6 is 0 Å². The quantitative estimate of drug-likeness (QED) is 0.468. The highest BCUT2D eigenvalue weighted by molar-refractivity contribution is 6.31.